The summed E-state index contributed by atoms with van der Waals surface area (Å²) in [4.78, 5) is 12.2. The number of hydrogen-bond acceptors (Lipinski definition) is 4. The van der Waals surface area contributed by atoms with Crippen molar-refractivity contribution in [1.29, 1.82) is 0 Å². The molecular formula is C33H46O4Si. The van der Waals surface area contributed by atoms with Crippen molar-refractivity contribution in [2.45, 2.75) is 85.4 Å². The molecule has 0 fully saturated rings. The molecule has 0 N–H and O–H groups in total. The summed E-state index contributed by atoms with van der Waals surface area (Å²) in [6.07, 6.45) is 11.3. The van der Waals surface area contributed by atoms with Crippen LogP contribution < -0.4 is 10.4 Å². The highest BCUT2D eigenvalue weighted by Crippen LogP contribution is 2.32. The molecule has 206 valence electrons. The first-order valence-corrected chi connectivity index (χ1v) is 16.1. The van der Waals surface area contributed by atoms with Gasteiger partial charge in [0.25, 0.3) is 0 Å². The molecule has 2 aromatic carbocycles. The van der Waals surface area contributed by atoms with E-state index in [9.17, 15) is 4.79 Å². The summed E-state index contributed by atoms with van der Waals surface area (Å²) in [5, 5.41) is 2.21. The molecule has 0 aliphatic carbocycles. The fraction of sp³-hybridized carbons (Fsp3) is 0.485. The molecule has 0 saturated carbocycles. The van der Waals surface area contributed by atoms with E-state index in [4.69, 9.17) is 13.6 Å². The van der Waals surface area contributed by atoms with Crippen LogP contribution in [0.2, 0.25) is 0 Å². The van der Waals surface area contributed by atoms with Crippen molar-refractivity contribution in [2.75, 3.05) is 7.11 Å². The molecule has 0 saturated heterocycles. The van der Waals surface area contributed by atoms with Gasteiger partial charge in [0.15, 0.2) is 0 Å². The van der Waals surface area contributed by atoms with Gasteiger partial charge in [-0.25, -0.2) is 4.79 Å². The zero-order valence-electron chi connectivity index (χ0n) is 24.1. The van der Waals surface area contributed by atoms with Gasteiger partial charge in [-0.05, 0) is 42.1 Å². The summed E-state index contributed by atoms with van der Waals surface area (Å²) in [6, 6.07) is 21.0. The fourth-order valence-corrected chi connectivity index (χ4v) is 9.21. The van der Waals surface area contributed by atoms with E-state index >= 15 is 0 Å². The van der Waals surface area contributed by atoms with Crippen molar-refractivity contribution < 1.29 is 18.4 Å². The summed E-state index contributed by atoms with van der Waals surface area (Å²) < 4.78 is 19.6. The maximum atomic E-state index is 12.2. The van der Waals surface area contributed by atoms with Crippen molar-refractivity contribution in [3.05, 3.63) is 84.0 Å². The molecule has 5 heteroatoms. The van der Waals surface area contributed by atoms with Gasteiger partial charge in [-0.2, -0.15) is 0 Å². The summed E-state index contributed by atoms with van der Waals surface area (Å²) in [7, 11) is -1.72. The Morgan fingerprint density at radius 3 is 2.11 bits per heavy atom. The van der Waals surface area contributed by atoms with Crippen LogP contribution in [0.25, 0.3) is 0 Å². The number of rotatable bonds is 11. The molecule has 4 nitrogen and oxygen atoms in total. The van der Waals surface area contributed by atoms with Crippen molar-refractivity contribution in [3.63, 3.8) is 0 Å². The molecule has 2 aromatic rings. The van der Waals surface area contributed by atoms with E-state index < -0.39 is 8.56 Å². The number of esters is 1. The highest BCUT2D eigenvalue weighted by Gasteiger charge is 2.49. The van der Waals surface area contributed by atoms with Crippen LogP contribution in [0.4, 0.5) is 0 Å². The smallest absolute Gasteiger partial charge is 0.407 e. The summed E-state index contributed by atoms with van der Waals surface area (Å²) in [6.45, 7) is 10.6. The second-order valence-electron chi connectivity index (χ2n) is 10.7. The number of hydrogen-bond donors (Lipinski definition) is 0. The standard InChI is InChI=1S/C33H46O4Si/c1-7-8-9-10-17-22-31-25(2)23-26(3)32(27(4)24-28(5)33(34)35-6)37-38(36-31,29-18-13-11-14-19-29)30-20-15-12-16-21-30/h11-16,18-21,23-25,27,31-32H,7-10,17,22H2,1-6H3/b26-23-,28-24+/t25-,27+,31+,32-/m1/s1. The average molecular weight is 535 g/mol. The van der Waals surface area contributed by atoms with Gasteiger partial charge in [0.1, 0.15) is 0 Å². The third-order valence-electron chi connectivity index (χ3n) is 7.57. The average Bonchev–Trinajstić information content (AvgIpc) is 2.93. The predicted octanol–water partition coefficient (Wildman–Crippen LogP) is 6.73. The maximum Gasteiger partial charge on any atom is 0.407 e. The van der Waals surface area contributed by atoms with Crippen LogP contribution in [-0.4, -0.2) is 33.8 Å². The van der Waals surface area contributed by atoms with E-state index in [0.29, 0.717) is 5.57 Å². The monoisotopic (exact) mass is 534 g/mol. The lowest BCUT2D eigenvalue weighted by molar-refractivity contribution is -0.136. The molecule has 1 heterocycles. The quantitative estimate of drug-likeness (QED) is 0.105. The molecule has 0 radical (unpaired) electrons. The number of carbonyl (C=O) groups excluding carboxylic acids is 1. The number of methoxy groups -OCH3 is 1. The first-order chi connectivity index (χ1) is 18.3. The number of unbranched alkanes of at least 4 members (excludes halogenated alkanes) is 4. The summed E-state index contributed by atoms with van der Waals surface area (Å²) in [5.41, 5.74) is 1.77. The van der Waals surface area contributed by atoms with Crippen molar-refractivity contribution in [1.82, 2.24) is 0 Å². The maximum absolute atomic E-state index is 12.2. The lowest BCUT2D eigenvalue weighted by Crippen LogP contribution is -2.67. The molecule has 38 heavy (non-hydrogen) atoms. The SMILES string of the molecule is CCCCCCC[C@@H]1O[Si](c2ccccc2)(c2ccccc2)O[C@@H]([C@@H](C)/C=C(\C)C(=O)OC)/C(C)=C\[C@H]1C. The zero-order chi connectivity index (χ0) is 27.5. The first-order valence-electron chi connectivity index (χ1n) is 14.2. The van der Waals surface area contributed by atoms with Crippen LogP contribution >= 0.6 is 0 Å². The Morgan fingerprint density at radius 2 is 1.55 bits per heavy atom. The molecule has 0 unspecified atom stereocenters. The number of benzene rings is 2. The Morgan fingerprint density at radius 1 is 0.974 bits per heavy atom. The van der Waals surface area contributed by atoms with Crippen molar-refractivity contribution >= 4 is 24.9 Å². The van der Waals surface area contributed by atoms with Crippen LogP contribution in [0.15, 0.2) is 84.0 Å². The Hall–Kier alpha value is -2.47. The molecule has 0 spiro atoms. The lowest BCUT2D eigenvalue weighted by Gasteiger charge is -2.43. The normalized spacial score (nSPS) is 24.0. The Kier molecular flexibility index (Phi) is 11.6. The number of ether oxygens (including phenoxy) is 1. The topological polar surface area (TPSA) is 44.8 Å². The Labute approximate surface area is 231 Å². The van der Waals surface area contributed by atoms with Crippen LogP contribution in [-0.2, 0) is 18.4 Å². The molecule has 0 amide bonds. The third-order valence-corrected chi connectivity index (χ3v) is 11.0. The number of carbonyl (C=O) groups is 1. The fourth-order valence-electron chi connectivity index (χ4n) is 5.49. The summed E-state index contributed by atoms with van der Waals surface area (Å²) >= 11 is 0. The van der Waals surface area contributed by atoms with Crippen LogP contribution in [0, 0.1) is 11.8 Å². The minimum Gasteiger partial charge on any atom is -0.466 e. The minimum atomic E-state index is -3.14. The van der Waals surface area contributed by atoms with Gasteiger partial charge < -0.3 is 13.6 Å². The van der Waals surface area contributed by atoms with Crippen LogP contribution in [0.3, 0.4) is 0 Å². The van der Waals surface area contributed by atoms with E-state index in [2.05, 4.69) is 82.3 Å². The Bertz CT molecular complexity index is 1020. The molecule has 0 aromatic heterocycles. The third kappa shape index (κ3) is 7.55. The zero-order valence-corrected chi connectivity index (χ0v) is 25.1. The second-order valence-corrected chi connectivity index (χ2v) is 13.6. The summed E-state index contributed by atoms with van der Waals surface area (Å²) in [5.74, 6) is -0.123. The van der Waals surface area contributed by atoms with Crippen LogP contribution in [0.5, 0.6) is 0 Å². The molecule has 0 bridgehead atoms. The van der Waals surface area contributed by atoms with E-state index in [-0.39, 0.29) is 30.0 Å². The predicted molar refractivity (Wildman–Crippen MR) is 159 cm³/mol. The van der Waals surface area contributed by atoms with Gasteiger partial charge in [-0.15, -0.1) is 0 Å². The molecular weight excluding hydrogens is 488 g/mol. The molecule has 1 aliphatic rings. The van der Waals surface area contributed by atoms with E-state index in [1.54, 1.807) is 6.92 Å². The Balaban J connectivity index is 2.11. The van der Waals surface area contributed by atoms with Crippen LogP contribution in [0.1, 0.15) is 73.1 Å². The van der Waals surface area contributed by atoms with Crippen molar-refractivity contribution in [3.8, 4) is 0 Å². The molecule has 4 atom stereocenters. The van der Waals surface area contributed by atoms with E-state index in [1.807, 2.05) is 18.2 Å². The van der Waals surface area contributed by atoms with Gasteiger partial charge in [-0.3, -0.25) is 0 Å². The second kappa shape index (κ2) is 14.6. The highest BCUT2D eigenvalue weighted by atomic mass is 28.4. The van der Waals surface area contributed by atoms with E-state index in [0.717, 1.165) is 23.2 Å². The van der Waals surface area contributed by atoms with Gasteiger partial charge in [0.05, 0.1) is 19.3 Å². The molecule has 1 aliphatic heterocycles. The highest BCUT2D eigenvalue weighted by molar-refractivity contribution is 6.92. The van der Waals surface area contributed by atoms with Gasteiger partial charge >= 0.3 is 14.5 Å². The van der Waals surface area contributed by atoms with E-state index in [1.165, 1.54) is 38.4 Å². The van der Waals surface area contributed by atoms with Gasteiger partial charge in [0.2, 0.25) is 0 Å². The lowest BCUT2D eigenvalue weighted by atomic mass is 9.91. The van der Waals surface area contributed by atoms with Gasteiger partial charge in [0, 0.05) is 11.5 Å². The van der Waals surface area contributed by atoms with Gasteiger partial charge in [-0.1, -0.05) is 126 Å². The minimum absolute atomic E-state index is 0.0500. The first kappa shape index (κ1) is 30.1. The largest absolute Gasteiger partial charge is 0.466 e. The van der Waals surface area contributed by atoms with Crippen molar-refractivity contribution in [2.24, 2.45) is 11.8 Å². The molecule has 3 rings (SSSR count).